The first-order chi connectivity index (χ1) is 13.7. The number of aliphatic hydroxyl groups is 1. The standard InChI is InChI=1S/C22H33BO2S/c23-12-26-25-11-20-14-2-4-16(8-14)22(20)18-6-5-17(9-18)21-15-3-1-13(7-15)19(21)10-24/h1-4,13-22,24H,5-12,23H2/t13-,14+,15+,16-,17?,18?,19?,20?,21+,22-/m1/s1/i23TD. The van der Waals surface area contributed by atoms with Crippen molar-refractivity contribution in [2.45, 2.75) is 32.1 Å². The molecule has 4 bridgehead atoms. The van der Waals surface area contributed by atoms with Crippen molar-refractivity contribution in [1.82, 2.24) is 0 Å². The second kappa shape index (κ2) is 7.33. The number of hydrogen-bond acceptors (Lipinski definition) is 3. The summed E-state index contributed by atoms with van der Waals surface area (Å²) in [6, 6.07) is 0. The third-order valence-corrected chi connectivity index (χ3v) is 9.04. The molecule has 10 atom stereocenters. The summed E-state index contributed by atoms with van der Waals surface area (Å²) in [4.78, 5) is 0. The molecule has 5 rings (SSSR count). The van der Waals surface area contributed by atoms with E-state index >= 15 is 0 Å². The Bertz CT molecular complexity index is 630. The summed E-state index contributed by atoms with van der Waals surface area (Å²) < 4.78 is 20.5. The number of hydrogen-bond donors (Lipinski definition) is 1. The smallest absolute Gasteiger partial charge is 0.117 e. The topological polar surface area (TPSA) is 29.5 Å². The van der Waals surface area contributed by atoms with Crippen molar-refractivity contribution < 1.29 is 9.29 Å². The van der Waals surface area contributed by atoms with Crippen LogP contribution in [0.5, 0.6) is 0 Å². The van der Waals surface area contributed by atoms with E-state index in [1.54, 1.807) is 0 Å². The minimum absolute atomic E-state index is 0.370. The summed E-state index contributed by atoms with van der Waals surface area (Å²) in [6.45, 7) is 1.15. The molecule has 0 aromatic carbocycles. The van der Waals surface area contributed by atoms with Crippen molar-refractivity contribution in [2.75, 3.05) is 18.9 Å². The van der Waals surface area contributed by atoms with Crippen LogP contribution in [0.4, 0.5) is 0 Å². The molecular formula is C22H33BO2S. The van der Waals surface area contributed by atoms with Gasteiger partial charge in [0.2, 0.25) is 0 Å². The third kappa shape index (κ3) is 2.86. The van der Waals surface area contributed by atoms with Gasteiger partial charge in [0, 0.05) is 6.61 Å². The van der Waals surface area contributed by atoms with Gasteiger partial charge in [-0.15, -0.1) is 0 Å². The maximum absolute atomic E-state index is 10.00. The Hall–Kier alpha value is -0.185. The molecule has 0 heterocycles. The lowest BCUT2D eigenvalue weighted by Gasteiger charge is -2.34. The number of aliphatic hydroxyl groups excluding tert-OH is 1. The molecule has 0 saturated heterocycles. The van der Waals surface area contributed by atoms with Gasteiger partial charge in [0.15, 0.2) is 0 Å². The van der Waals surface area contributed by atoms with Crippen LogP contribution in [-0.4, -0.2) is 34.4 Å². The molecule has 1 N–H and O–H groups in total. The van der Waals surface area contributed by atoms with Crippen LogP contribution in [0.3, 0.4) is 0 Å². The molecule has 0 spiro atoms. The SMILES string of the molecule is [2H]B([3H])CSOCC1[C@@H](C2CCC([C@H]3C(CO)[C@@H]4C=C[C@H]3C4)C2)[C@@H]2C=C[C@H]1C2. The molecule has 3 fully saturated rings. The Morgan fingerprint density at radius 1 is 1.00 bits per heavy atom. The zero-order valence-electron chi connectivity index (χ0n) is 17.6. The maximum atomic E-state index is 10.00. The Morgan fingerprint density at radius 2 is 1.62 bits per heavy atom. The number of rotatable bonds is 8. The van der Waals surface area contributed by atoms with E-state index in [-0.39, 0.29) is 0 Å². The molecular weight excluding hydrogens is 339 g/mol. The van der Waals surface area contributed by atoms with Gasteiger partial charge >= 0.3 is 0 Å². The lowest BCUT2D eigenvalue weighted by molar-refractivity contribution is 0.114. The van der Waals surface area contributed by atoms with Crippen LogP contribution in [0.25, 0.3) is 0 Å². The van der Waals surface area contributed by atoms with Crippen LogP contribution in [0.15, 0.2) is 24.3 Å². The Morgan fingerprint density at radius 3 is 2.27 bits per heavy atom. The number of allylic oxidation sites excluding steroid dienone is 4. The summed E-state index contributed by atoms with van der Waals surface area (Å²) in [7, 11) is -0.799. The zero-order valence-corrected chi connectivity index (χ0v) is 16.4. The second-order valence-electron chi connectivity index (χ2n) is 9.46. The van der Waals surface area contributed by atoms with E-state index in [9.17, 15) is 5.11 Å². The van der Waals surface area contributed by atoms with Gasteiger partial charge in [0.25, 0.3) is 0 Å². The van der Waals surface area contributed by atoms with Crippen molar-refractivity contribution >= 4 is 19.8 Å². The zero-order chi connectivity index (χ0) is 19.3. The van der Waals surface area contributed by atoms with Crippen molar-refractivity contribution in [1.29, 1.82) is 2.67 Å². The van der Waals surface area contributed by atoms with Gasteiger partial charge in [-0.25, -0.2) is 0 Å². The fourth-order valence-electron chi connectivity index (χ4n) is 7.74. The molecule has 4 heteroatoms. The van der Waals surface area contributed by atoms with Gasteiger partial charge in [-0.05, 0) is 112 Å². The highest BCUT2D eigenvalue weighted by atomic mass is 32.2. The molecule has 0 amide bonds. The Kier molecular flexibility index (Phi) is 4.43. The molecule has 0 radical (unpaired) electrons. The van der Waals surface area contributed by atoms with Crippen LogP contribution in [-0.2, 0) is 4.18 Å². The van der Waals surface area contributed by atoms with Crippen LogP contribution in [0, 0.1) is 59.2 Å². The van der Waals surface area contributed by atoms with E-state index < -0.39 is 7.77 Å². The molecule has 0 aromatic heterocycles. The fraction of sp³-hybridized carbons (Fsp3) is 0.818. The minimum atomic E-state index is -0.799. The quantitative estimate of drug-likeness (QED) is 0.305. The Labute approximate surface area is 166 Å². The first kappa shape index (κ1) is 15.7. The van der Waals surface area contributed by atoms with Crippen molar-refractivity contribution in [3.05, 3.63) is 24.3 Å². The van der Waals surface area contributed by atoms with E-state index in [0.29, 0.717) is 35.9 Å². The Balaban J connectivity index is 1.22. The highest BCUT2D eigenvalue weighted by molar-refractivity contribution is 7.95. The van der Waals surface area contributed by atoms with E-state index in [1.165, 1.54) is 44.1 Å². The maximum Gasteiger partial charge on any atom is 0.117 e. The molecule has 3 saturated carbocycles. The van der Waals surface area contributed by atoms with Gasteiger partial charge in [-0.1, -0.05) is 24.3 Å². The predicted molar refractivity (Wildman–Crippen MR) is 110 cm³/mol. The van der Waals surface area contributed by atoms with E-state index in [0.717, 1.165) is 42.1 Å². The average molecular weight is 375 g/mol. The molecule has 5 aliphatic carbocycles. The van der Waals surface area contributed by atoms with E-state index in [4.69, 9.17) is 6.85 Å². The van der Waals surface area contributed by atoms with Crippen LogP contribution in [0.2, 0.25) is 0 Å². The molecule has 2 nitrogen and oxygen atoms in total. The van der Waals surface area contributed by atoms with Crippen molar-refractivity contribution in [3.63, 3.8) is 0 Å². The largest absolute Gasteiger partial charge is 0.396 e. The molecule has 5 aliphatic rings. The summed E-state index contributed by atoms with van der Waals surface area (Å²) in [5.41, 5.74) is 0.438. The summed E-state index contributed by atoms with van der Waals surface area (Å²) in [5.74, 6) is 6.99. The monoisotopic (exact) mass is 375 g/mol. The third-order valence-electron chi connectivity index (χ3n) is 8.60. The summed E-state index contributed by atoms with van der Waals surface area (Å²) >= 11 is 1.32. The summed E-state index contributed by atoms with van der Waals surface area (Å²) in [6.07, 6.45) is 16.4. The summed E-state index contributed by atoms with van der Waals surface area (Å²) in [5, 5.41) is 10.00. The highest BCUT2D eigenvalue weighted by Gasteiger charge is 2.53. The van der Waals surface area contributed by atoms with Crippen molar-refractivity contribution in [2.24, 2.45) is 59.2 Å². The fourth-order valence-corrected chi connectivity index (χ4v) is 8.09. The lowest BCUT2D eigenvalue weighted by atomic mass is 9.71. The van der Waals surface area contributed by atoms with Gasteiger partial charge in [-0.2, -0.15) is 0 Å². The molecule has 4 unspecified atom stereocenters. The molecule has 142 valence electrons. The first-order valence-corrected chi connectivity index (χ1v) is 11.6. The van der Waals surface area contributed by atoms with Gasteiger partial charge in [0.1, 0.15) is 7.77 Å². The van der Waals surface area contributed by atoms with Gasteiger partial charge < -0.3 is 9.29 Å². The molecule has 0 aromatic rings. The normalized spacial score (nSPS) is 52.0. The van der Waals surface area contributed by atoms with Crippen LogP contribution in [0.1, 0.15) is 32.1 Å². The van der Waals surface area contributed by atoms with E-state index in [2.05, 4.69) is 24.3 Å². The van der Waals surface area contributed by atoms with E-state index in [1.807, 2.05) is 0 Å². The minimum Gasteiger partial charge on any atom is -0.396 e. The van der Waals surface area contributed by atoms with Gasteiger partial charge in [0.05, 0.1) is 6.61 Å². The van der Waals surface area contributed by atoms with Crippen LogP contribution >= 0.6 is 12.0 Å². The lowest BCUT2D eigenvalue weighted by Crippen LogP contribution is -2.31. The molecule has 0 aliphatic heterocycles. The first-order valence-electron chi connectivity index (χ1n) is 11.9. The molecule has 26 heavy (non-hydrogen) atoms. The highest BCUT2D eigenvalue weighted by Crippen LogP contribution is 2.59. The second-order valence-corrected chi connectivity index (χ2v) is 10.3. The van der Waals surface area contributed by atoms with Gasteiger partial charge in [-0.3, -0.25) is 0 Å². The number of fused-ring (bicyclic) bond motifs is 4. The van der Waals surface area contributed by atoms with Crippen molar-refractivity contribution in [3.8, 4) is 0 Å². The predicted octanol–water partition coefficient (Wildman–Crippen LogP) is 3.53. The average Bonchev–Trinajstić information content (AvgIpc) is 3.49. The van der Waals surface area contributed by atoms with Crippen LogP contribution < -0.4 is 0 Å².